The van der Waals surface area contributed by atoms with Crippen molar-refractivity contribution >= 4 is 5.91 Å². The van der Waals surface area contributed by atoms with E-state index < -0.39 is 0 Å². The summed E-state index contributed by atoms with van der Waals surface area (Å²) in [5.74, 6) is 0.385. The highest BCUT2D eigenvalue weighted by Crippen LogP contribution is 2.20. The highest BCUT2D eigenvalue weighted by molar-refractivity contribution is 5.78. The first kappa shape index (κ1) is 16.0. The number of nitrogens with zero attached hydrogens (tertiary/aromatic N) is 3. The number of likely N-dealkylation sites (tertiary alicyclic amines) is 1. The number of nitrogens with one attached hydrogen (secondary N) is 1. The van der Waals surface area contributed by atoms with Crippen LogP contribution in [-0.4, -0.2) is 39.7 Å². The third-order valence-electron chi connectivity index (χ3n) is 4.30. The third kappa shape index (κ3) is 3.84. The lowest BCUT2D eigenvalue weighted by Gasteiger charge is -2.34. The summed E-state index contributed by atoms with van der Waals surface area (Å²) in [4.78, 5) is 14.0. The molecule has 118 valence electrons. The second-order valence-electron chi connectivity index (χ2n) is 6.49. The second-order valence-corrected chi connectivity index (χ2v) is 6.49. The Morgan fingerprint density at radius 1 is 1.33 bits per heavy atom. The number of amides is 1. The largest absolute Gasteiger partial charge is 0.342 e. The van der Waals surface area contributed by atoms with Gasteiger partial charge in [-0.15, -0.1) is 0 Å². The fraction of sp³-hybridized carbons (Fsp3) is 0.750. The number of aromatic nitrogens is 2. The molecule has 1 unspecified atom stereocenters. The van der Waals surface area contributed by atoms with Crippen LogP contribution < -0.4 is 5.32 Å². The molecule has 2 rings (SSSR count). The van der Waals surface area contributed by atoms with E-state index in [1.54, 1.807) is 0 Å². The molecule has 1 aliphatic heterocycles. The second kappa shape index (κ2) is 6.60. The Morgan fingerprint density at radius 3 is 2.43 bits per heavy atom. The molecule has 1 aromatic rings. The van der Waals surface area contributed by atoms with Gasteiger partial charge in [0.05, 0.1) is 5.69 Å². The normalized spacial score (nSPS) is 18.3. The predicted octanol–water partition coefficient (Wildman–Crippen LogP) is 2.03. The number of rotatable bonds is 4. The van der Waals surface area contributed by atoms with Gasteiger partial charge in [-0.1, -0.05) is 13.8 Å². The van der Waals surface area contributed by atoms with Crippen LogP contribution in [0.2, 0.25) is 0 Å². The van der Waals surface area contributed by atoms with E-state index in [4.69, 9.17) is 0 Å². The lowest BCUT2D eigenvalue weighted by atomic mass is 10.0. The van der Waals surface area contributed by atoms with E-state index in [0.717, 1.165) is 31.6 Å². The Bertz CT molecular complexity index is 486. The van der Waals surface area contributed by atoms with Gasteiger partial charge in [0, 0.05) is 49.9 Å². The van der Waals surface area contributed by atoms with Gasteiger partial charge in [0.15, 0.2) is 0 Å². The molecule has 1 aliphatic rings. The molecule has 1 saturated heterocycles. The lowest BCUT2D eigenvalue weighted by molar-refractivity contribution is -0.135. The molecule has 1 atom stereocenters. The molecule has 0 aliphatic carbocycles. The van der Waals surface area contributed by atoms with Crippen molar-refractivity contribution in [3.63, 3.8) is 0 Å². The minimum absolute atomic E-state index is 0.103. The molecule has 1 fully saturated rings. The van der Waals surface area contributed by atoms with Crippen molar-refractivity contribution in [2.24, 2.45) is 13.0 Å². The van der Waals surface area contributed by atoms with E-state index in [1.165, 1.54) is 5.56 Å². The van der Waals surface area contributed by atoms with E-state index in [1.807, 2.05) is 30.5 Å². The van der Waals surface area contributed by atoms with Gasteiger partial charge < -0.3 is 10.2 Å². The van der Waals surface area contributed by atoms with E-state index >= 15 is 0 Å². The van der Waals surface area contributed by atoms with Gasteiger partial charge in [0.2, 0.25) is 5.91 Å². The minimum atomic E-state index is 0.103. The van der Waals surface area contributed by atoms with E-state index in [0.29, 0.717) is 12.1 Å². The van der Waals surface area contributed by atoms with Crippen molar-refractivity contribution in [1.29, 1.82) is 0 Å². The van der Waals surface area contributed by atoms with Gasteiger partial charge in [-0.3, -0.25) is 9.48 Å². The van der Waals surface area contributed by atoms with Crippen LogP contribution in [0.15, 0.2) is 6.20 Å². The van der Waals surface area contributed by atoms with Crippen LogP contribution in [0.25, 0.3) is 0 Å². The number of aryl methyl sites for hydroxylation is 2. The van der Waals surface area contributed by atoms with Crippen molar-refractivity contribution in [3.8, 4) is 0 Å². The maximum absolute atomic E-state index is 12.0. The summed E-state index contributed by atoms with van der Waals surface area (Å²) in [5.41, 5.74) is 2.35. The highest BCUT2D eigenvalue weighted by Gasteiger charge is 2.25. The molecule has 0 saturated carbocycles. The van der Waals surface area contributed by atoms with Crippen molar-refractivity contribution in [2.75, 3.05) is 13.1 Å². The van der Waals surface area contributed by atoms with Crippen LogP contribution in [0.3, 0.4) is 0 Å². The van der Waals surface area contributed by atoms with Crippen molar-refractivity contribution < 1.29 is 4.79 Å². The van der Waals surface area contributed by atoms with Crippen LogP contribution in [0.4, 0.5) is 0 Å². The molecule has 1 N–H and O–H groups in total. The van der Waals surface area contributed by atoms with Crippen LogP contribution >= 0.6 is 0 Å². The van der Waals surface area contributed by atoms with Crippen molar-refractivity contribution in [1.82, 2.24) is 20.0 Å². The molecule has 5 heteroatoms. The van der Waals surface area contributed by atoms with Crippen LogP contribution in [0.1, 0.15) is 50.9 Å². The SMILES string of the molecule is Cc1nn(C)cc1C(C)NC1CCN(C(=O)C(C)C)CC1. The standard InChI is InChI=1S/C16H28N4O/c1-11(2)16(21)20-8-6-14(7-9-20)17-12(3)15-10-19(5)18-13(15)4/h10-12,14,17H,6-9H2,1-5H3. The molecular weight excluding hydrogens is 264 g/mol. The molecule has 0 spiro atoms. The van der Waals surface area contributed by atoms with Crippen molar-refractivity contribution in [2.45, 2.75) is 52.6 Å². The molecule has 0 aromatic carbocycles. The van der Waals surface area contributed by atoms with Crippen LogP contribution in [-0.2, 0) is 11.8 Å². The van der Waals surface area contributed by atoms with E-state index in [2.05, 4.69) is 30.5 Å². The van der Waals surface area contributed by atoms with Crippen LogP contribution in [0.5, 0.6) is 0 Å². The van der Waals surface area contributed by atoms with E-state index in [-0.39, 0.29) is 11.8 Å². The average Bonchev–Trinajstić information content (AvgIpc) is 2.77. The minimum Gasteiger partial charge on any atom is -0.342 e. The zero-order valence-corrected chi connectivity index (χ0v) is 13.9. The molecule has 1 aromatic heterocycles. The summed E-state index contributed by atoms with van der Waals surface area (Å²) in [5, 5.41) is 8.09. The first-order valence-corrected chi connectivity index (χ1v) is 7.93. The fourth-order valence-electron chi connectivity index (χ4n) is 3.12. The van der Waals surface area contributed by atoms with Gasteiger partial charge in [-0.2, -0.15) is 5.10 Å². The third-order valence-corrected chi connectivity index (χ3v) is 4.30. The molecule has 2 heterocycles. The van der Waals surface area contributed by atoms with Gasteiger partial charge in [0.25, 0.3) is 0 Å². The molecule has 21 heavy (non-hydrogen) atoms. The van der Waals surface area contributed by atoms with Crippen LogP contribution in [0, 0.1) is 12.8 Å². The molecular formula is C16H28N4O. The quantitative estimate of drug-likeness (QED) is 0.924. The molecule has 0 radical (unpaired) electrons. The number of hydrogen-bond donors (Lipinski definition) is 1. The van der Waals surface area contributed by atoms with Gasteiger partial charge >= 0.3 is 0 Å². The number of piperidine rings is 1. The predicted molar refractivity (Wildman–Crippen MR) is 83.9 cm³/mol. The monoisotopic (exact) mass is 292 g/mol. The first-order valence-electron chi connectivity index (χ1n) is 7.93. The molecule has 5 nitrogen and oxygen atoms in total. The summed E-state index contributed by atoms with van der Waals surface area (Å²) >= 11 is 0. The van der Waals surface area contributed by atoms with Gasteiger partial charge in [-0.25, -0.2) is 0 Å². The van der Waals surface area contributed by atoms with E-state index in [9.17, 15) is 4.79 Å². The first-order chi connectivity index (χ1) is 9.88. The molecule has 1 amide bonds. The maximum Gasteiger partial charge on any atom is 0.225 e. The van der Waals surface area contributed by atoms with Gasteiger partial charge in [0.1, 0.15) is 0 Å². The van der Waals surface area contributed by atoms with Gasteiger partial charge in [-0.05, 0) is 26.7 Å². The smallest absolute Gasteiger partial charge is 0.225 e. The maximum atomic E-state index is 12.0. The zero-order chi connectivity index (χ0) is 15.6. The Morgan fingerprint density at radius 2 is 1.95 bits per heavy atom. The Balaban J connectivity index is 1.86. The zero-order valence-electron chi connectivity index (χ0n) is 13.9. The number of carbonyl (C=O) groups excluding carboxylic acids is 1. The average molecular weight is 292 g/mol. The lowest BCUT2D eigenvalue weighted by Crippen LogP contribution is -2.46. The Hall–Kier alpha value is -1.36. The summed E-state index contributed by atoms with van der Waals surface area (Å²) in [7, 11) is 1.96. The highest BCUT2D eigenvalue weighted by atomic mass is 16.2. The summed E-state index contributed by atoms with van der Waals surface area (Å²) in [6.45, 7) is 9.92. The summed E-state index contributed by atoms with van der Waals surface area (Å²) in [6, 6.07) is 0.784. The topological polar surface area (TPSA) is 50.2 Å². The fourth-order valence-corrected chi connectivity index (χ4v) is 3.12. The number of carbonyl (C=O) groups is 1. The Kier molecular flexibility index (Phi) is 5.04. The number of hydrogen-bond acceptors (Lipinski definition) is 3. The summed E-state index contributed by atoms with van der Waals surface area (Å²) < 4.78 is 1.87. The molecule has 0 bridgehead atoms. The Labute approximate surface area is 127 Å². The summed E-state index contributed by atoms with van der Waals surface area (Å²) in [6.07, 6.45) is 4.15. The van der Waals surface area contributed by atoms with Crippen molar-refractivity contribution in [3.05, 3.63) is 17.5 Å².